The number of nitrogens with one attached hydrogen (secondary N) is 2. The molecule has 0 aliphatic rings. The van der Waals surface area contributed by atoms with Gasteiger partial charge in [-0.2, -0.15) is 0 Å². The van der Waals surface area contributed by atoms with E-state index >= 15 is 0 Å². The summed E-state index contributed by atoms with van der Waals surface area (Å²) in [7, 11) is -0.453. The highest BCUT2D eigenvalue weighted by molar-refractivity contribution is 14.0. The molecule has 0 fully saturated rings. The number of aliphatic imine (C=N–C) groups is 1. The van der Waals surface area contributed by atoms with Crippen molar-refractivity contribution in [3.8, 4) is 0 Å². The Hall–Kier alpha value is -1.24. The van der Waals surface area contributed by atoms with Crippen LogP contribution in [0, 0.1) is 13.8 Å². The summed E-state index contributed by atoms with van der Waals surface area (Å²) in [5, 5.41) is 7.52. The largest absolute Gasteiger partial charge is 0.357 e. The molecule has 0 aliphatic carbocycles. The van der Waals surface area contributed by atoms with Crippen LogP contribution in [-0.2, 0) is 23.1 Å². The van der Waals surface area contributed by atoms with Crippen LogP contribution in [0.15, 0.2) is 34.2 Å². The third kappa shape index (κ3) is 6.39. The predicted octanol–water partition coefficient (Wildman–Crippen LogP) is 2.88. The van der Waals surface area contributed by atoms with Gasteiger partial charge in [-0.15, -0.1) is 35.3 Å². The van der Waals surface area contributed by atoms with E-state index in [2.05, 4.69) is 20.6 Å². The molecule has 1 aromatic heterocycles. The summed E-state index contributed by atoms with van der Waals surface area (Å²) >= 11 is 1.66. The Morgan fingerprint density at radius 2 is 1.89 bits per heavy atom. The minimum Gasteiger partial charge on any atom is -0.357 e. The lowest BCUT2D eigenvalue weighted by atomic mass is 10.2. The molecule has 2 N–H and O–H groups in total. The van der Waals surface area contributed by atoms with E-state index in [1.54, 1.807) is 29.5 Å². The smallest absolute Gasteiger partial charge is 0.242 e. The molecule has 28 heavy (non-hydrogen) atoms. The van der Waals surface area contributed by atoms with E-state index in [1.807, 2.05) is 26.8 Å². The molecule has 7 nitrogen and oxygen atoms in total. The van der Waals surface area contributed by atoms with Gasteiger partial charge in [0.15, 0.2) is 5.96 Å². The molecule has 1 heterocycles. The lowest BCUT2D eigenvalue weighted by Gasteiger charge is -2.15. The zero-order valence-electron chi connectivity index (χ0n) is 16.8. The second-order valence-corrected chi connectivity index (χ2v) is 9.59. The van der Waals surface area contributed by atoms with Crippen LogP contribution < -0.4 is 10.6 Å². The Labute approximate surface area is 188 Å². The standard InChI is InChI=1S/C18H27N5O2S2.HI/c1-6-19-18(21-12-16-13(2)22-14(3)26-16)20-11-15-9-7-8-10-17(15)27(24,25)23(4)5;/h7-10H,6,11-12H2,1-5H3,(H2,19,20,21);1H. The normalized spacial score (nSPS) is 12.0. The molecule has 0 bridgehead atoms. The van der Waals surface area contributed by atoms with Crippen LogP contribution in [0.5, 0.6) is 0 Å². The lowest BCUT2D eigenvalue weighted by molar-refractivity contribution is 0.519. The summed E-state index contributed by atoms with van der Waals surface area (Å²) in [5.41, 5.74) is 1.68. The first-order valence-corrected chi connectivity index (χ1v) is 11.0. The van der Waals surface area contributed by atoms with Crippen molar-refractivity contribution in [2.75, 3.05) is 20.6 Å². The molecule has 10 heteroatoms. The summed E-state index contributed by atoms with van der Waals surface area (Å²) in [6.45, 7) is 7.57. The number of benzene rings is 1. The summed E-state index contributed by atoms with van der Waals surface area (Å²) in [5.74, 6) is 0.639. The second-order valence-electron chi connectivity index (χ2n) is 6.19. The van der Waals surface area contributed by atoms with Gasteiger partial charge in [0.05, 0.1) is 28.7 Å². The van der Waals surface area contributed by atoms with Crippen LogP contribution in [0.25, 0.3) is 0 Å². The van der Waals surface area contributed by atoms with Crippen molar-refractivity contribution in [2.45, 2.75) is 38.8 Å². The first kappa shape index (κ1) is 24.8. The van der Waals surface area contributed by atoms with E-state index in [0.717, 1.165) is 15.6 Å². The number of halogens is 1. The summed E-state index contributed by atoms with van der Waals surface area (Å²) in [6.07, 6.45) is 0. The van der Waals surface area contributed by atoms with E-state index < -0.39 is 10.0 Å². The van der Waals surface area contributed by atoms with Crippen molar-refractivity contribution in [2.24, 2.45) is 4.99 Å². The van der Waals surface area contributed by atoms with E-state index in [-0.39, 0.29) is 35.4 Å². The number of nitrogens with zero attached hydrogens (tertiary/aromatic N) is 3. The Kier molecular flexibility index (Phi) is 9.81. The van der Waals surface area contributed by atoms with Crippen molar-refractivity contribution in [3.63, 3.8) is 0 Å². The lowest BCUT2D eigenvalue weighted by Crippen LogP contribution is -2.36. The number of aryl methyl sites for hydroxylation is 2. The van der Waals surface area contributed by atoms with Gasteiger partial charge in [0.2, 0.25) is 10.0 Å². The van der Waals surface area contributed by atoms with Gasteiger partial charge in [0.1, 0.15) is 0 Å². The molecule has 0 radical (unpaired) electrons. The first-order chi connectivity index (χ1) is 12.8. The maximum atomic E-state index is 12.5. The van der Waals surface area contributed by atoms with Crippen LogP contribution in [0.1, 0.15) is 28.1 Å². The Morgan fingerprint density at radius 3 is 2.46 bits per heavy atom. The van der Waals surface area contributed by atoms with Crippen molar-refractivity contribution in [1.29, 1.82) is 0 Å². The summed E-state index contributed by atoms with van der Waals surface area (Å²) in [6, 6.07) is 6.95. The van der Waals surface area contributed by atoms with Gasteiger partial charge in [-0.1, -0.05) is 18.2 Å². The van der Waals surface area contributed by atoms with Crippen molar-refractivity contribution in [1.82, 2.24) is 19.9 Å². The maximum Gasteiger partial charge on any atom is 0.242 e. The van der Waals surface area contributed by atoms with Gasteiger partial charge >= 0.3 is 0 Å². The average molecular weight is 537 g/mol. The van der Waals surface area contributed by atoms with Gasteiger partial charge < -0.3 is 10.6 Å². The van der Waals surface area contributed by atoms with Gasteiger partial charge in [0.25, 0.3) is 0 Å². The molecule has 0 aliphatic heterocycles. The highest BCUT2D eigenvalue weighted by Gasteiger charge is 2.20. The topological polar surface area (TPSA) is 86.7 Å². The average Bonchev–Trinajstić information content (AvgIpc) is 2.94. The molecule has 2 rings (SSSR count). The molecular formula is C18H28IN5O2S2. The second kappa shape index (κ2) is 11.1. The molecule has 0 unspecified atom stereocenters. The van der Waals surface area contributed by atoms with Crippen molar-refractivity contribution < 1.29 is 8.42 Å². The Bertz CT molecular complexity index is 910. The molecule has 0 atom stereocenters. The molecular weight excluding hydrogens is 509 g/mol. The number of guanidine groups is 1. The molecule has 1 aromatic carbocycles. The minimum atomic E-state index is -3.51. The van der Waals surface area contributed by atoms with Gasteiger partial charge in [-0.25, -0.2) is 22.7 Å². The van der Waals surface area contributed by atoms with Gasteiger partial charge in [0, 0.05) is 25.5 Å². The summed E-state index contributed by atoms with van der Waals surface area (Å²) < 4.78 is 26.2. The highest BCUT2D eigenvalue weighted by Crippen LogP contribution is 2.19. The monoisotopic (exact) mass is 537 g/mol. The number of sulfonamides is 1. The SMILES string of the molecule is CCNC(=NCc1ccccc1S(=O)(=O)N(C)C)NCc1sc(C)nc1C.I. The molecule has 0 amide bonds. The maximum absolute atomic E-state index is 12.5. The van der Waals surface area contributed by atoms with Crippen LogP contribution in [0.3, 0.4) is 0 Å². The highest BCUT2D eigenvalue weighted by atomic mass is 127. The van der Waals surface area contributed by atoms with Crippen LogP contribution in [0.4, 0.5) is 0 Å². The predicted molar refractivity (Wildman–Crippen MR) is 126 cm³/mol. The number of rotatable bonds is 7. The first-order valence-electron chi connectivity index (χ1n) is 8.71. The molecule has 0 saturated heterocycles. The van der Waals surface area contributed by atoms with E-state index in [9.17, 15) is 8.42 Å². The van der Waals surface area contributed by atoms with Crippen LogP contribution >= 0.6 is 35.3 Å². The van der Waals surface area contributed by atoms with E-state index in [4.69, 9.17) is 0 Å². The number of aromatic nitrogens is 1. The Balaban J connectivity index is 0.00000392. The fourth-order valence-electron chi connectivity index (χ4n) is 2.49. The van der Waals surface area contributed by atoms with Gasteiger partial charge in [-0.3, -0.25) is 0 Å². The third-order valence-electron chi connectivity index (χ3n) is 3.90. The zero-order valence-corrected chi connectivity index (χ0v) is 20.8. The summed E-state index contributed by atoms with van der Waals surface area (Å²) in [4.78, 5) is 10.4. The molecule has 0 spiro atoms. The fraction of sp³-hybridized carbons (Fsp3) is 0.444. The quantitative estimate of drug-likeness (QED) is 0.322. The van der Waals surface area contributed by atoms with Crippen LogP contribution in [-0.4, -0.2) is 44.3 Å². The fourth-order valence-corrected chi connectivity index (χ4v) is 4.47. The molecule has 2 aromatic rings. The molecule has 0 saturated carbocycles. The Morgan fingerprint density at radius 1 is 1.21 bits per heavy atom. The number of hydrogen-bond donors (Lipinski definition) is 2. The van der Waals surface area contributed by atoms with Crippen molar-refractivity contribution in [3.05, 3.63) is 45.4 Å². The zero-order chi connectivity index (χ0) is 20.0. The van der Waals surface area contributed by atoms with E-state index in [1.165, 1.54) is 18.4 Å². The van der Waals surface area contributed by atoms with E-state index in [0.29, 0.717) is 24.6 Å². The molecule has 156 valence electrons. The number of hydrogen-bond acceptors (Lipinski definition) is 5. The van der Waals surface area contributed by atoms with Gasteiger partial charge in [-0.05, 0) is 32.4 Å². The van der Waals surface area contributed by atoms with Crippen LogP contribution in [0.2, 0.25) is 0 Å². The number of thiazole rings is 1. The third-order valence-corrected chi connectivity index (χ3v) is 6.89. The minimum absolute atomic E-state index is 0. The van der Waals surface area contributed by atoms with Crippen molar-refractivity contribution >= 4 is 51.3 Å².